The number of likely N-dealkylation sites (tertiary alicyclic amines) is 1. The number of aromatic hydroxyl groups is 1. The maximum atomic E-state index is 11.9. The Bertz CT molecular complexity index is 575. The Kier molecular flexibility index (Phi) is 3.41. The van der Waals surface area contributed by atoms with Crippen LogP contribution >= 0.6 is 0 Å². The van der Waals surface area contributed by atoms with Crippen LogP contribution in [0.1, 0.15) is 18.9 Å². The molecule has 1 amide bonds. The topological polar surface area (TPSA) is 71.0 Å². The van der Waals surface area contributed by atoms with Crippen LogP contribution in [0.4, 0.5) is 0 Å². The van der Waals surface area contributed by atoms with Crippen LogP contribution in [0, 0.1) is 5.41 Å². The molecule has 0 radical (unpaired) electrons. The summed E-state index contributed by atoms with van der Waals surface area (Å²) < 4.78 is 10.6. The molecule has 3 rings (SSSR count). The van der Waals surface area contributed by atoms with Crippen molar-refractivity contribution < 1.29 is 19.4 Å². The summed E-state index contributed by atoms with van der Waals surface area (Å²) in [6.45, 7) is 4.27. The molecule has 2 aliphatic rings. The van der Waals surface area contributed by atoms with Gasteiger partial charge in [0.1, 0.15) is 5.75 Å². The number of nitrogens with zero attached hydrogens (tertiary/aromatic N) is 1. The lowest BCUT2D eigenvalue weighted by molar-refractivity contribution is -0.129. The molecule has 1 aromatic carbocycles. The first kappa shape index (κ1) is 14.0. The first-order valence-electron chi connectivity index (χ1n) is 7.08. The van der Waals surface area contributed by atoms with Crippen molar-refractivity contribution in [3.63, 3.8) is 0 Å². The minimum atomic E-state index is -0.360. The number of ether oxygens (including phenoxy) is 2. The molecule has 1 saturated heterocycles. The number of fused-ring (bicyclic) bond motifs is 1. The second kappa shape index (κ2) is 5.11. The van der Waals surface area contributed by atoms with Crippen LogP contribution in [-0.2, 0) is 11.3 Å². The maximum Gasteiger partial charge on any atom is 0.231 e. The van der Waals surface area contributed by atoms with E-state index >= 15 is 0 Å². The highest BCUT2D eigenvalue weighted by Gasteiger charge is 2.39. The molecule has 2 N–H and O–H groups in total. The molecule has 2 heterocycles. The highest BCUT2D eigenvalue weighted by molar-refractivity contribution is 5.82. The Labute approximate surface area is 123 Å². The molecule has 1 atom stereocenters. The number of benzene rings is 1. The van der Waals surface area contributed by atoms with Crippen LogP contribution in [0.5, 0.6) is 17.2 Å². The van der Waals surface area contributed by atoms with Crippen molar-refractivity contribution in [3.8, 4) is 17.2 Å². The van der Waals surface area contributed by atoms with E-state index in [2.05, 4.69) is 10.2 Å². The second-order valence-electron chi connectivity index (χ2n) is 5.93. The molecule has 6 heteroatoms. The molecule has 0 saturated carbocycles. The number of carbonyl (C=O) groups is 1. The summed E-state index contributed by atoms with van der Waals surface area (Å²) in [7, 11) is 1.67. The van der Waals surface area contributed by atoms with Crippen molar-refractivity contribution >= 4 is 5.91 Å². The summed E-state index contributed by atoms with van der Waals surface area (Å²) >= 11 is 0. The maximum absolute atomic E-state index is 11.9. The molecule has 1 fully saturated rings. The van der Waals surface area contributed by atoms with Crippen LogP contribution in [0.2, 0.25) is 0 Å². The fourth-order valence-electron chi connectivity index (χ4n) is 3.02. The van der Waals surface area contributed by atoms with E-state index in [1.165, 1.54) is 0 Å². The Morgan fingerprint density at radius 2 is 2.14 bits per heavy atom. The van der Waals surface area contributed by atoms with E-state index in [9.17, 15) is 9.90 Å². The summed E-state index contributed by atoms with van der Waals surface area (Å²) in [5.74, 6) is 1.51. The van der Waals surface area contributed by atoms with Gasteiger partial charge in [0.15, 0.2) is 11.5 Å². The lowest BCUT2D eigenvalue weighted by Crippen LogP contribution is -2.39. The standard InChI is InChI=1S/C15H20N2O4/c1-15(14(19)16-2)3-4-17(8-15)7-10-5-12-13(6-11(10)18)21-9-20-12/h5-6,18H,3-4,7-9H2,1-2H3,(H,16,19). The number of hydrogen-bond acceptors (Lipinski definition) is 5. The lowest BCUT2D eigenvalue weighted by Gasteiger charge is -2.23. The number of rotatable bonds is 3. The summed E-state index contributed by atoms with van der Waals surface area (Å²) in [4.78, 5) is 14.1. The van der Waals surface area contributed by atoms with Crippen molar-refractivity contribution in [2.24, 2.45) is 5.41 Å². The molecule has 21 heavy (non-hydrogen) atoms. The molecule has 0 bridgehead atoms. The van der Waals surface area contributed by atoms with Gasteiger partial charge in [0.25, 0.3) is 0 Å². The van der Waals surface area contributed by atoms with Crippen molar-refractivity contribution in [1.29, 1.82) is 0 Å². The fourth-order valence-corrected chi connectivity index (χ4v) is 3.02. The van der Waals surface area contributed by atoms with Crippen LogP contribution in [0.3, 0.4) is 0 Å². The van der Waals surface area contributed by atoms with Gasteiger partial charge in [-0.1, -0.05) is 0 Å². The van der Waals surface area contributed by atoms with Crippen LogP contribution in [0.25, 0.3) is 0 Å². The third kappa shape index (κ3) is 2.51. The minimum Gasteiger partial charge on any atom is -0.507 e. The monoisotopic (exact) mass is 292 g/mol. The summed E-state index contributed by atoms with van der Waals surface area (Å²) in [6.07, 6.45) is 0.817. The van der Waals surface area contributed by atoms with E-state index in [1.54, 1.807) is 13.1 Å². The van der Waals surface area contributed by atoms with Crippen LogP contribution in [-0.4, -0.2) is 42.8 Å². The third-order valence-electron chi connectivity index (χ3n) is 4.30. The van der Waals surface area contributed by atoms with Gasteiger partial charge in [0.05, 0.1) is 5.41 Å². The van der Waals surface area contributed by atoms with E-state index in [1.807, 2.05) is 13.0 Å². The lowest BCUT2D eigenvalue weighted by atomic mass is 9.89. The Balaban J connectivity index is 1.72. The van der Waals surface area contributed by atoms with E-state index in [0.717, 1.165) is 18.5 Å². The van der Waals surface area contributed by atoms with Gasteiger partial charge < -0.3 is 19.9 Å². The largest absolute Gasteiger partial charge is 0.507 e. The van der Waals surface area contributed by atoms with Gasteiger partial charge in [-0.15, -0.1) is 0 Å². The number of hydrogen-bond donors (Lipinski definition) is 2. The molecular weight excluding hydrogens is 272 g/mol. The average Bonchev–Trinajstić information content (AvgIpc) is 3.06. The van der Waals surface area contributed by atoms with Gasteiger partial charge in [-0.2, -0.15) is 0 Å². The van der Waals surface area contributed by atoms with Crippen LogP contribution < -0.4 is 14.8 Å². The zero-order chi connectivity index (χ0) is 15.0. The summed E-state index contributed by atoms with van der Waals surface area (Å²) in [5, 5.41) is 12.8. The van der Waals surface area contributed by atoms with Crippen molar-refractivity contribution in [2.45, 2.75) is 19.9 Å². The predicted molar refractivity (Wildman–Crippen MR) is 76.3 cm³/mol. The zero-order valence-corrected chi connectivity index (χ0v) is 12.3. The quantitative estimate of drug-likeness (QED) is 0.872. The van der Waals surface area contributed by atoms with Crippen LogP contribution in [0.15, 0.2) is 12.1 Å². The minimum absolute atomic E-state index is 0.0694. The Morgan fingerprint density at radius 3 is 2.86 bits per heavy atom. The molecule has 0 aromatic heterocycles. The van der Waals surface area contributed by atoms with Gasteiger partial charge >= 0.3 is 0 Å². The zero-order valence-electron chi connectivity index (χ0n) is 12.3. The molecule has 1 aromatic rings. The molecule has 6 nitrogen and oxygen atoms in total. The van der Waals surface area contributed by atoms with Crippen molar-refractivity contribution in [1.82, 2.24) is 10.2 Å². The molecule has 0 spiro atoms. The van der Waals surface area contributed by atoms with E-state index in [4.69, 9.17) is 9.47 Å². The summed E-state index contributed by atoms with van der Waals surface area (Å²) in [6, 6.07) is 3.40. The highest BCUT2D eigenvalue weighted by atomic mass is 16.7. The predicted octanol–water partition coefficient (Wildman–Crippen LogP) is 1.08. The molecular formula is C15H20N2O4. The SMILES string of the molecule is CNC(=O)C1(C)CCN(Cc2cc3c(cc2O)OCO3)C1. The third-order valence-corrected chi connectivity index (χ3v) is 4.30. The number of amides is 1. The van der Waals surface area contributed by atoms with Gasteiger partial charge in [-0.3, -0.25) is 9.69 Å². The molecule has 2 aliphatic heterocycles. The smallest absolute Gasteiger partial charge is 0.231 e. The van der Waals surface area contributed by atoms with E-state index < -0.39 is 0 Å². The molecule has 114 valence electrons. The van der Waals surface area contributed by atoms with Gasteiger partial charge in [0, 0.05) is 31.8 Å². The first-order chi connectivity index (χ1) is 10.0. The summed E-state index contributed by atoms with van der Waals surface area (Å²) in [5.41, 5.74) is 0.432. The van der Waals surface area contributed by atoms with Gasteiger partial charge in [-0.25, -0.2) is 0 Å². The Hall–Kier alpha value is -1.95. The van der Waals surface area contributed by atoms with E-state index in [0.29, 0.717) is 24.6 Å². The molecule has 0 aliphatic carbocycles. The fraction of sp³-hybridized carbons (Fsp3) is 0.533. The normalized spacial score (nSPS) is 24.3. The van der Waals surface area contributed by atoms with E-state index in [-0.39, 0.29) is 23.9 Å². The molecule has 1 unspecified atom stereocenters. The number of phenolic OH excluding ortho intramolecular Hbond substituents is 1. The van der Waals surface area contributed by atoms with Crippen molar-refractivity contribution in [2.75, 3.05) is 26.9 Å². The highest BCUT2D eigenvalue weighted by Crippen LogP contribution is 2.39. The van der Waals surface area contributed by atoms with Crippen molar-refractivity contribution in [3.05, 3.63) is 17.7 Å². The second-order valence-corrected chi connectivity index (χ2v) is 5.93. The number of phenols is 1. The number of nitrogens with one attached hydrogen (secondary N) is 1. The number of carbonyl (C=O) groups excluding carboxylic acids is 1. The Morgan fingerprint density at radius 1 is 1.43 bits per heavy atom. The first-order valence-corrected chi connectivity index (χ1v) is 7.08. The van der Waals surface area contributed by atoms with Gasteiger partial charge in [-0.05, 0) is 26.0 Å². The van der Waals surface area contributed by atoms with Gasteiger partial charge in [0.2, 0.25) is 12.7 Å². The average molecular weight is 292 g/mol.